The van der Waals surface area contributed by atoms with Gasteiger partial charge in [0, 0.05) is 0 Å². The third-order valence-electron chi connectivity index (χ3n) is 4.93. The van der Waals surface area contributed by atoms with Gasteiger partial charge in [-0.3, -0.25) is 0 Å². The Bertz CT molecular complexity index is 198. The first-order valence-corrected chi connectivity index (χ1v) is 6.07. The molecule has 2 nitrogen and oxygen atoms in total. The Kier molecular flexibility index (Phi) is 2.10. The molecule has 1 atom stereocenters. The van der Waals surface area contributed by atoms with Crippen LogP contribution in [0.4, 0.5) is 0 Å². The van der Waals surface area contributed by atoms with Crippen LogP contribution < -0.4 is 0 Å². The van der Waals surface area contributed by atoms with E-state index < -0.39 is 6.10 Å². The van der Waals surface area contributed by atoms with E-state index in [2.05, 4.69) is 0 Å². The molecular weight excluding hydrogens is 176 g/mol. The Balaban J connectivity index is 1.81. The minimum Gasteiger partial charge on any atom is -0.394 e. The molecule has 4 fully saturated rings. The number of aliphatic hydroxyl groups is 2. The van der Waals surface area contributed by atoms with Crippen molar-refractivity contribution < 1.29 is 10.2 Å². The summed E-state index contributed by atoms with van der Waals surface area (Å²) in [6.07, 6.45) is 6.33. The van der Waals surface area contributed by atoms with Gasteiger partial charge in [0.15, 0.2) is 0 Å². The van der Waals surface area contributed by atoms with Crippen molar-refractivity contribution in [3.05, 3.63) is 0 Å². The topological polar surface area (TPSA) is 40.5 Å². The molecule has 4 saturated carbocycles. The van der Waals surface area contributed by atoms with Crippen molar-refractivity contribution in [2.24, 2.45) is 29.6 Å². The first-order chi connectivity index (χ1) is 6.78. The molecule has 4 aliphatic carbocycles. The molecule has 0 saturated heterocycles. The molecule has 0 aliphatic heterocycles. The van der Waals surface area contributed by atoms with Gasteiger partial charge in [-0.25, -0.2) is 0 Å². The van der Waals surface area contributed by atoms with E-state index in [9.17, 15) is 5.11 Å². The maximum atomic E-state index is 9.84. The zero-order valence-corrected chi connectivity index (χ0v) is 8.60. The molecule has 0 spiro atoms. The van der Waals surface area contributed by atoms with Crippen LogP contribution in [0, 0.1) is 29.6 Å². The van der Waals surface area contributed by atoms with Gasteiger partial charge in [-0.1, -0.05) is 0 Å². The Morgan fingerprint density at radius 2 is 1.43 bits per heavy atom. The third-order valence-corrected chi connectivity index (χ3v) is 4.93. The summed E-state index contributed by atoms with van der Waals surface area (Å²) < 4.78 is 0. The van der Waals surface area contributed by atoms with Crippen LogP contribution in [-0.4, -0.2) is 22.9 Å². The van der Waals surface area contributed by atoms with Gasteiger partial charge in [-0.2, -0.15) is 0 Å². The Morgan fingerprint density at radius 3 is 1.86 bits per heavy atom. The van der Waals surface area contributed by atoms with E-state index in [0.717, 1.165) is 23.7 Å². The van der Waals surface area contributed by atoms with E-state index in [1.165, 1.54) is 32.1 Å². The second kappa shape index (κ2) is 3.21. The molecule has 80 valence electrons. The van der Waals surface area contributed by atoms with Crippen molar-refractivity contribution in [2.75, 3.05) is 6.61 Å². The Labute approximate surface area is 85.3 Å². The molecule has 4 rings (SSSR count). The van der Waals surface area contributed by atoms with Crippen LogP contribution in [0.5, 0.6) is 0 Å². The maximum Gasteiger partial charge on any atom is 0.0804 e. The fraction of sp³-hybridized carbons (Fsp3) is 1.00. The molecule has 0 amide bonds. The summed E-state index contributed by atoms with van der Waals surface area (Å²) in [5, 5.41) is 18.9. The maximum absolute atomic E-state index is 9.84. The highest BCUT2D eigenvalue weighted by molar-refractivity contribution is 4.99. The van der Waals surface area contributed by atoms with Crippen molar-refractivity contribution >= 4 is 0 Å². The van der Waals surface area contributed by atoms with Crippen molar-refractivity contribution in [3.8, 4) is 0 Å². The molecule has 2 N–H and O–H groups in total. The van der Waals surface area contributed by atoms with Gasteiger partial charge in [0.05, 0.1) is 12.7 Å². The molecule has 4 bridgehead atoms. The minimum atomic E-state index is -0.440. The van der Waals surface area contributed by atoms with Crippen molar-refractivity contribution in [3.63, 3.8) is 0 Å². The summed E-state index contributed by atoms with van der Waals surface area (Å²) in [6, 6.07) is 0. The average Bonchev–Trinajstić information content (AvgIpc) is 2.15. The lowest BCUT2D eigenvalue weighted by Gasteiger charge is -2.55. The summed E-state index contributed by atoms with van der Waals surface area (Å²) in [6.45, 7) is -0.0347. The van der Waals surface area contributed by atoms with E-state index in [-0.39, 0.29) is 6.61 Å². The van der Waals surface area contributed by atoms with Crippen LogP contribution in [-0.2, 0) is 0 Å². The zero-order valence-electron chi connectivity index (χ0n) is 8.60. The van der Waals surface area contributed by atoms with E-state index in [4.69, 9.17) is 5.11 Å². The summed E-state index contributed by atoms with van der Waals surface area (Å²) in [4.78, 5) is 0. The second-order valence-electron chi connectivity index (χ2n) is 5.76. The van der Waals surface area contributed by atoms with Gasteiger partial charge in [0.2, 0.25) is 0 Å². The molecule has 4 aliphatic rings. The van der Waals surface area contributed by atoms with E-state index in [0.29, 0.717) is 5.92 Å². The van der Waals surface area contributed by atoms with Gasteiger partial charge in [-0.05, 0) is 61.7 Å². The number of aliphatic hydroxyl groups excluding tert-OH is 2. The Morgan fingerprint density at radius 1 is 0.929 bits per heavy atom. The van der Waals surface area contributed by atoms with Gasteiger partial charge >= 0.3 is 0 Å². The van der Waals surface area contributed by atoms with Crippen LogP contribution in [0.3, 0.4) is 0 Å². The van der Waals surface area contributed by atoms with Gasteiger partial charge in [0.25, 0.3) is 0 Å². The van der Waals surface area contributed by atoms with Crippen molar-refractivity contribution in [1.29, 1.82) is 0 Å². The predicted octanol–water partition coefficient (Wildman–Crippen LogP) is 1.41. The largest absolute Gasteiger partial charge is 0.394 e. The molecule has 0 heterocycles. The number of hydrogen-bond acceptors (Lipinski definition) is 2. The lowest BCUT2D eigenvalue weighted by molar-refractivity contribution is -0.101. The lowest BCUT2D eigenvalue weighted by atomic mass is 9.51. The standard InChI is InChI=1S/C12H20O2/c13-6-11(14)12-9-2-7-1-8(4-9)5-10(12)3-7/h7-14H,1-6H2. The highest BCUT2D eigenvalue weighted by Gasteiger charge is 2.50. The highest BCUT2D eigenvalue weighted by atomic mass is 16.3. The molecule has 2 heteroatoms. The Hall–Kier alpha value is -0.0800. The van der Waals surface area contributed by atoms with E-state index >= 15 is 0 Å². The van der Waals surface area contributed by atoms with Crippen molar-refractivity contribution in [1.82, 2.24) is 0 Å². The van der Waals surface area contributed by atoms with Gasteiger partial charge in [0.1, 0.15) is 0 Å². The van der Waals surface area contributed by atoms with Crippen molar-refractivity contribution in [2.45, 2.75) is 38.2 Å². The number of rotatable bonds is 2. The highest BCUT2D eigenvalue weighted by Crippen LogP contribution is 2.57. The van der Waals surface area contributed by atoms with E-state index in [1.54, 1.807) is 0 Å². The molecule has 0 radical (unpaired) electrons. The van der Waals surface area contributed by atoms with Crippen LogP contribution in [0.1, 0.15) is 32.1 Å². The second-order valence-corrected chi connectivity index (χ2v) is 5.76. The molecule has 0 aromatic heterocycles. The lowest BCUT2D eigenvalue weighted by Crippen LogP contribution is -2.50. The molecule has 0 aromatic carbocycles. The third kappa shape index (κ3) is 1.24. The van der Waals surface area contributed by atoms with Gasteiger partial charge < -0.3 is 10.2 Å². The van der Waals surface area contributed by atoms with Crippen LogP contribution in [0.2, 0.25) is 0 Å². The van der Waals surface area contributed by atoms with Crippen LogP contribution >= 0.6 is 0 Å². The summed E-state index contributed by atoms with van der Waals surface area (Å²) >= 11 is 0. The smallest absolute Gasteiger partial charge is 0.0804 e. The monoisotopic (exact) mass is 196 g/mol. The summed E-state index contributed by atoms with van der Waals surface area (Å²) in [5.74, 6) is 3.80. The molecule has 1 unspecified atom stereocenters. The average molecular weight is 196 g/mol. The quantitative estimate of drug-likeness (QED) is 0.701. The molecular formula is C12H20O2. The summed E-state index contributed by atoms with van der Waals surface area (Å²) in [5.41, 5.74) is 0. The summed E-state index contributed by atoms with van der Waals surface area (Å²) in [7, 11) is 0. The van der Waals surface area contributed by atoms with Gasteiger partial charge in [-0.15, -0.1) is 0 Å². The zero-order chi connectivity index (χ0) is 9.71. The predicted molar refractivity (Wildman–Crippen MR) is 53.6 cm³/mol. The fourth-order valence-electron chi connectivity index (χ4n) is 4.72. The minimum absolute atomic E-state index is 0.0347. The first kappa shape index (κ1) is 9.17. The van der Waals surface area contributed by atoms with Crippen LogP contribution in [0.25, 0.3) is 0 Å². The fourth-order valence-corrected chi connectivity index (χ4v) is 4.72. The van der Waals surface area contributed by atoms with Crippen LogP contribution in [0.15, 0.2) is 0 Å². The van der Waals surface area contributed by atoms with E-state index in [1.807, 2.05) is 0 Å². The SMILES string of the molecule is OCC(O)C1C2CC3CC(C2)CC1C3. The molecule has 14 heavy (non-hydrogen) atoms. The first-order valence-electron chi connectivity index (χ1n) is 6.07. The molecule has 0 aromatic rings. The normalized spacial score (nSPS) is 52.3. The number of hydrogen-bond donors (Lipinski definition) is 2.